The third-order valence-electron chi connectivity index (χ3n) is 2.12. The second-order valence-electron chi connectivity index (χ2n) is 3.13. The summed E-state index contributed by atoms with van der Waals surface area (Å²) in [6, 6.07) is 12.2. The van der Waals surface area contributed by atoms with Crippen LogP contribution in [-0.2, 0) is 0 Å². The van der Waals surface area contributed by atoms with Crippen molar-refractivity contribution in [1.29, 1.82) is 0 Å². The Bertz CT molecular complexity index is 402. The minimum atomic E-state index is 0.719. The summed E-state index contributed by atoms with van der Waals surface area (Å²) in [7, 11) is 0. The van der Waals surface area contributed by atoms with Gasteiger partial charge in [0.25, 0.3) is 0 Å². The molecule has 1 aromatic heterocycles. The molecule has 0 amide bonds. The minimum Gasteiger partial charge on any atom is -0.385 e. The van der Waals surface area contributed by atoms with Crippen LogP contribution in [0.15, 0.2) is 36.4 Å². The molecule has 2 aromatic rings. The fraction of sp³-hybridized carbons (Fsp3) is 0.412. The molecule has 0 saturated heterocycles. The molecule has 2 rings (SSSR count). The van der Waals surface area contributed by atoms with Crippen molar-refractivity contribution in [2.24, 2.45) is 0 Å². The van der Waals surface area contributed by atoms with E-state index in [1.54, 1.807) is 0 Å². The standard InChI is InChI=1S/C11H12N2.3C2H6/c1-8-10(7-11(12)13-8)9-5-3-2-4-6-9;3*1-2/h2-7,13H,12H2,1H3;3*1-2H3. The number of aryl methyl sites for hydroxylation is 1. The Kier molecular flexibility index (Phi) is 13.2. The van der Waals surface area contributed by atoms with E-state index in [1.165, 1.54) is 11.1 Å². The lowest BCUT2D eigenvalue weighted by Gasteiger charge is -1.97. The Balaban J connectivity index is 0. The van der Waals surface area contributed by atoms with Crippen LogP contribution in [0.1, 0.15) is 47.2 Å². The predicted octanol–water partition coefficient (Wildman–Crippen LogP) is 5.65. The van der Waals surface area contributed by atoms with Crippen LogP contribution < -0.4 is 5.73 Å². The first kappa shape index (κ1) is 19.6. The first-order valence-corrected chi connectivity index (χ1v) is 7.28. The number of H-pyrrole nitrogens is 1. The van der Waals surface area contributed by atoms with Crippen LogP contribution in [0.3, 0.4) is 0 Å². The molecule has 0 fully saturated rings. The fourth-order valence-corrected chi connectivity index (χ4v) is 1.50. The monoisotopic (exact) mass is 262 g/mol. The van der Waals surface area contributed by atoms with Crippen LogP contribution in [0.5, 0.6) is 0 Å². The number of benzene rings is 1. The molecule has 2 heteroatoms. The highest BCUT2D eigenvalue weighted by Gasteiger charge is 2.03. The number of anilines is 1. The molecule has 2 nitrogen and oxygen atoms in total. The zero-order valence-electron chi connectivity index (χ0n) is 13.5. The maximum Gasteiger partial charge on any atom is 0.101 e. The molecule has 0 radical (unpaired) electrons. The van der Waals surface area contributed by atoms with Gasteiger partial charge in [-0.05, 0) is 18.6 Å². The van der Waals surface area contributed by atoms with E-state index in [1.807, 2.05) is 72.7 Å². The summed E-state index contributed by atoms with van der Waals surface area (Å²) in [5.74, 6) is 0.719. The van der Waals surface area contributed by atoms with Gasteiger partial charge >= 0.3 is 0 Å². The zero-order chi connectivity index (χ0) is 15.3. The topological polar surface area (TPSA) is 41.8 Å². The highest BCUT2D eigenvalue weighted by atomic mass is 14.8. The van der Waals surface area contributed by atoms with Gasteiger partial charge in [0, 0.05) is 11.3 Å². The molecule has 19 heavy (non-hydrogen) atoms. The summed E-state index contributed by atoms with van der Waals surface area (Å²) in [5.41, 5.74) is 9.16. The summed E-state index contributed by atoms with van der Waals surface area (Å²) in [4.78, 5) is 3.08. The van der Waals surface area contributed by atoms with E-state index in [9.17, 15) is 0 Å². The van der Waals surface area contributed by atoms with Crippen molar-refractivity contribution in [3.05, 3.63) is 42.1 Å². The average Bonchev–Trinajstić information content (AvgIpc) is 2.85. The highest BCUT2D eigenvalue weighted by Crippen LogP contribution is 2.24. The van der Waals surface area contributed by atoms with E-state index >= 15 is 0 Å². The maximum atomic E-state index is 5.66. The van der Waals surface area contributed by atoms with Gasteiger partial charge in [0.05, 0.1) is 0 Å². The molecule has 0 bridgehead atoms. The molecule has 1 heterocycles. The molecule has 0 spiro atoms. The third-order valence-corrected chi connectivity index (χ3v) is 2.12. The highest BCUT2D eigenvalue weighted by molar-refractivity contribution is 5.69. The molecule has 0 atom stereocenters. The normalized spacial score (nSPS) is 7.95. The van der Waals surface area contributed by atoms with E-state index in [-0.39, 0.29) is 0 Å². The first-order valence-electron chi connectivity index (χ1n) is 7.28. The van der Waals surface area contributed by atoms with Crippen LogP contribution >= 0.6 is 0 Å². The number of aromatic amines is 1. The second kappa shape index (κ2) is 12.7. The van der Waals surface area contributed by atoms with Gasteiger partial charge in [-0.1, -0.05) is 71.9 Å². The number of rotatable bonds is 1. The summed E-state index contributed by atoms with van der Waals surface area (Å²) in [6.45, 7) is 14.0. The quantitative estimate of drug-likeness (QED) is 0.685. The van der Waals surface area contributed by atoms with Crippen molar-refractivity contribution in [3.8, 4) is 11.1 Å². The first-order chi connectivity index (χ1) is 9.27. The Hall–Kier alpha value is -1.70. The van der Waals surface area contributed by atoms with E-state index in [4.69, 9.17) is 5.73 Å². The summed E-state index contributed by atoms with van der Waals surface area (Å²) in [5, 5.41) is 0. The van der Waals surface area contributed by atoms with E-state index in [2.05, 4.69) is 17.1 Å². The van der Waals surface area contributed by atoms with Crippen LogP contribution in [-0.4, -0.2) is 4.98 Å². The Morgan fingerprint density at radius 2 is 1.32 bits per heavy atom. The van der Waals surface area contributed by atoms with Gasteiger partial charge in [-0.3, -0.25) is 0 Å². The van der Waals surface area contributed by atoms with Crippen LogP contribution in [0.4, 0.5) is 5.82 Å². The van der Waals surface area contributed by atoms with Gasteiger partial charge in [0.2, 0.25) is 0 Å². The number of aromatic nitrogens is 1. The molecular weight excluding hydrogens is 232 g/mol. The van der Waals surface area contributed by atoms with E-state index in [0.29, 0.717) is 0 Å². The molecule has 1 aromatic carbocycles. The van der Waals surface area contributed by atoms with Crippen molar-refractivity contribution < 1.29 is 0 Å². The van der Waals surface area contributed by atoms with Crippen LogP contribution in [0.25, 0.3) is 11.1 Å². The Morgan fingerprint density at radius 3 is 1.68 bits per heavy atom. The second-order valence-corrected chi connectivity index (χ2v) is 3.13. The lowest BCUT2D eigenvalue weighted by Crippen LogP contribution is -1.81. The van der Waals surface area contributed by atoms with Crippen molar-refractivity contribution in [2.75, 3.05) is 5.73 Å². The van der Waals surface area contributed by atoms with Crippen molar-refractivity contribution in [1.82, 2.24) is 4.98 Å². The molecule has 0 aliphatic carbocycles. The molecular formula is C17H30N2. The minimum absolute atomic E-state index is 0.719. The molecule has 0 aliphatic heterocycles. The molecule has 0 saturated carbocycles. The number of nitrogens with one attached hydrogen (secondary N) is 1. The van der Waals surface area contributed by atoms with E-state index in [0.717, 1.165) is 11.5 Å². The summed E-state index contributed by atoms with van der Waals surface area (Å²) < 4.78 is 0. The third kappa shape index (κ3) is 6.70. The largest absolute Gasteiger partial charge is 0.385 e. The van der Waals surface area contributed by atoms with Crippen molar-refractivity contribution in [2.45, 2.75) is 48.5 Å². The van der Waals surface area contributed by atoms with Crippen molar-refractivity contribution >= 4 is 5.82 Å². The van der Waals surface area contributed by atoms with Gasteiger partial charge in [-0.2, -0.15) is 0 Å². The lowest BCUT2D eigenvalue weighted by atomic mass is 10.1. The molecule has 0 unspecified atom stereocenters. The maximum absolute atomic E-state index is 5.66. The lowest BCUT2D eigenvalue weighted by molar-refractivity contribution is 1.27. The summed E-state index contributed by atoms with van der Waals surface area (Å²) >= 11 is 0. The molecule has 108 valence electrons. The number of hydrogen-bond acceptors (Lipinski definition) is 1. The average molecular weight is 262 g/mol. The number of nitrogen functional groups attached to an aromatic ring is 1. The van der Waals surface area contributed by atoms with E-state index < -0.39 is 0 Å². The SMILES string of the molecule is CC.CC.CC.Cc1[nH]c(N)cc1-c1ccccc1. The van der Waals surface area contributed by atoms with Gasteiger partial charge in [0.1, 0.15) is 5.82 Å². The van der Waals surface area contributed by atoms with Gasteiger partial charge in [-0.25, -0.2) is 0 Å². The van der Waals surface area contributed by atoms with Gasteiger partial charge < -0.3 is 10.7 Å². The van der Waals surface area contributed by atoms with Crippen molar-refractivity contribution in [3.63, 3.8) is 0 Å². The summed E-state index contributed by atoms with van der Waals surface area (Å²) in [6.07, 6.45) is 0. The van der Waals surface area contributed by atoms with Crippen LogP contribution in [0, 0.1) is 6.92 Å². The van der Waals surface area contributed by atoms with Gasteiger partial charge in [-0.15, -0.1) is 0 Å². The molecule has 3 N–H and O–H groups in total. The van der Waals surface area contributed by atoms with Gasteiger partial charge in [0.15, 0.2) is 0 Å². The zero-order valence-corrected chi connectivity index (χ0v) is 13.5. The Labute approximate surface area is 119 Å². The smallest absolute Gasteiger partial charge is 0.101 e. The molecule has 0 aliphatic rings. The fourth-order valence-electron chi connectivity index (χ4n) is 1.50. The number of hydrogen-bond donors (Lipinski definition) is 2. The Morgan fingerprint density at radius 1 is 0.842 bits per heavy atom. The number of nitrogens with two attached hydrogens (primary N) is 1. The van der Waals surface area contributed by atoms with Crippen LogP contribution in [0.2, 0.25) is 0 Å². The predicted molar refractivity (Wildman–Crippen MR) is 89.4 cm³/mol.